The minimum Gasteiger partial charge on any atom is -0.385 e. The minimum absolute atomic E-state index is 0.171. The van der Waals surface area contributed by atoms with E-state index in [4.69, 9.17) is 10.6 Å². The highest BCUT2D eigenvalue weighted by molar-refractivity contribution is 5.79. The highest BCUT2D eigenvalue weighted by atomic mass is 16.5. The first-order chi connectivity index (χ1) is 7.41. The van der Waals surface area contributed by atoms with Crippen LogP contribution in [0.15, 0.2) is 4.99 Å². The summed E-state index contributed by atoms with van der Waals surface area (Å²) in [5.74, 6) is 6.04. The summed E-state index contributed by atoms with van der Waals surface area (Å²) >= 11 is 0. The van der Waals surface area contributed by atoms with Crippen LogP contribution in [0.25, 0.3) is 0 Å². The van der Waals surface area contributed by atoms with Gasteiger partial charge in [0, 0.05) is 26.3 Å². The van der Waals surface area contributed by atoms with Crippen molar-refractivity contribution in [1.29, 1.82) is 0 Å². The first-order valence-corrected chi connectivity index (χ1v) is 5.68. The van der Waals surface area contributed by atoms with Crippen LogP contribution in [0.5, 0.6) is 0 Å². The zero-order chi connectivity index (χ0) is 12.6. The van der Waals surface area contributed by atoms with E-state index in [-0.39, 0.29) is 5.41 Å². The van der Waals surface area contributed by atoms with Crippen LogP contribution in [-0.2, 0) is 4.74 Å². The lowest BCUT2D eigenvalue weighted by Gasteiger charge is -2.29. The van der Waals surface area contributed by atoms with E-state index >= 15 is 0 Å². The van der Waals surface area contributed by atoms with Gasteiger partial charge in [-0.2, -0.15) is 0 Å². The molecule has 0 rings (SSSR count). The number of nitrogens with one attached hydrogen (secondary N) is 2. The third kappa shape index (κ3) is 6.63. The number of nitrogens with zero attached hydrogens (tertiary/aromatic N) is 1. The summed E-state index contributed by atoms with van der Waals surface area (Å²) in [7, 11) is 1.69. The second-order valence-corrected chi connectivity index (χ2v) is 4.95. The summed E-state index contributed by atoms with van der Waals surface area (Å²) in [6, 6.07) is 0.296. The van der Waals surface area contributed by atoms with E-state index in [1.54, 1.807) is 7.11 Å². The number of hydrogen-bond donors (Lipinski definition) is 3. The smallest absolute Gasteiger partial charge is 0.205 e. The topological polar surface area (TPSA) is 71.7 Å². The second kappa shape index (κ2) is 7.46. The lowest BCUT2D eigenvalue weighted by atomic mass is 9.88. The van der Waals surface area contributed by atoms with Crippen LogP contribution in [0.3, 0.4) is 0 Å². The van der Waals surface area contributed by atoms with Crippen molar-refractivity contribution in [1.82, 2.24) is 10.7 Å². The summed E-state index contributed by atoms with van der Waals surface area (Å²) in [4.78, 5) is 4.32. The maximum Gasteiger partial charge on any atom is 0.205 e. The van der Waals surface area contributed by atoms with E-state index in [1.165, 1.54) is 0 Å². The summed E-state index contributed by atoms with van der Waals surface area (Å²) in [6.07, 6.45) is 0.896. The molecule has 0 amide bonds. The fourth-order valence-electron chi connectivity index (χ4n) is 0.954. The van der Waals surface area contributed by atoms with Gasteiger partial charge in [-0.15, -0.1) is 0 Å². The Balaban J connectivity index is 4.08. The molecule has 16 heavy (non-hydrogen) atoms. The predicted molar refractivity (Wildman–Crippen MR) is 68.2 cm³/mol. The SMILES string of the molecule is COCCCN=C(NN)NC(C)C(C)(C)C. The molecular formula is C11H26N4O. The molecule has 4 N–H and O–H groups in total. The molecule has 1 atom stereocenters. The van der Waals surface area contributed by atoms with Gasteiger partial charge in [-0.25, -0.2) is 5.84 Å². The van der Waals surface area contributed by atoms with Crippen molar-refractivity contribution in [3.05, 3.63) is 0 Å². The van der Waals surface area contributed by atoms with Crippen LogP contribution in [0.4, 0.5) is 0 Å². The van der Waals surface area contributed by atoms with Crippen LogP contribution >= 0.6 is 0 Å². The van der Waals surface area contributed by atoms with Crippen molar-refractivity contribution in [2.75, 3.05) is 20.3 Å². The van der Waals surface area contributed by atoms with E-state index in [2.05, 4.69) is 43.4 Å². The zero-order valence-corrected chi connectivity index (χ0v) is 11.1. The van der Waals surface area contributed by atoms with Gasteiger partial charge in [0.1, 0.15) is 0 Å². The third-order valence-electron chi connectivity index (χ3n) is 2.57. The lowest BCUT2D eigenvalue weighted by molar-refractivity contribution is 0.197. The third-order valence-corrected chi connectivity index (χ3v) is 2.57. The predicted octanol–water partition coefficient (Wildman–Crippen LogP) is 0.866. The van der Waals surface area contributed by atoms with Crippen LogP contribution in [0.2, 0.25) is 0 Å². The normalized spacial score (nSPS) is 14.8. The number of guanidine groups is 1. The Morgan fingerprint density at radius 2 is 2.06 bits per heavy atom. The fourth-order valence-corrected chi connectivity index (χ4v) is 0.954. The van der Waals surface area contributed by atoms with Gasteiger partial charge in [-0.3, -0.25) is 10.4 Å². The number of nitrogens with two attached hydrogens (primary N) is 1. The number of ether oxygens (including phenoxy) is 1. The number of aliphatic imine (C=N–C) groups is 1. The van der Waals surface area contributed by atoms with Gasteiger partial charge in [-0.1, -0.05) is 20.8 Å². The monoisotopic (exact) mass is 230 g/mol. The molecule has 0 aromatic heterocycles. The average molecular weight is 230 g/mol. The number of hydrazine groups is 1. The first kappa shape index (κ1) is 15.2. The van der Waals surface area contributed by atoms with Gasteiger partial charge in [0.15, 0.2) is 0 Å². The Labute approximate surface area is 98.8 Å². The molecule has 0 aromatic rings. The largest absolute Gasteiger partial charge is 0.385 e. The Morgan fingerprint density at radius 1 is 1.44 bits per heavy atom. The minimum atomic E-state index is 0.171. The molecule has 5 nitrogen and oxygen atoms in total. The molecule has 0 saturated heterocycles. The quantitative estimate of drug-likeness (QED) is 0.215. The molecule has 96 valence electrons. The Morgan fingerprint density at radius 3 is 2.50 bits per heavy atom. The molecule has 0 aliphatic heterocycles. The summed E-state index contributed by atoms with van der Waals surface area (Å²) in [5, 5.41) is 3.26. The summed E-state index contributed by atoms with van der Waals surface area (Å²) in [5.41, 5.74) is 2.75. The van der Waals surface area contributed by atoms with Crippen LogP contribution in [0.1, 0.15) is 34.1 Å². The number of hydrogen-bond acceptors (Lipinski definition) is 3. The van der Waals surface area contributed by atoms with Crippen LogP contribution in [0, 0.1) is 5.41 Å². The molecule has 0 saturated carbocycles. The van der Waals surface area contributed by atoms with E-state index in [9.17, 15) is 0 Å². The molecule has 0 heterocycles. The van der Waals surface area contributed by atoms with Crippen molar-refractivity contribution >= 4 is 5.96 Å². The molecule has 0 bridgehead atoms. The molecule has 0 aromatic carbocycles. The van der Waals surface area contributed by atoms with E-state index in [0.717, 1.165) is 13.0 Å². The van der Waals surface area contributed by atoms with E-state index in [0.29, 0.717) is 18.5 Å². The van der Waals surface area contributed by atoms with Crippen molar-refractivity contribution in [3.8, 4) is 0 Å². The van der Waals surface area contributed by atoms with Crippen molar-refractivity contribution < 1.29 is 4.74 Å². The van der Waals surface area contributed by atoms with Crippen LogP contribution < -0.4 is 16.6 Å². The van der Waals surface area contributed by atoms with Gasteiger partial charge < -0.3 is 10.1 Å². The molecule has 0 fully saturated rings. The van der Waals surface area contributed by atoms with Gasteiger partial charge >= 0.3 is 0 Å². The fraction of sp³-hybridized carbons (Fsp3) is 0.909. The molecule has 1 unspecified atom stereocenters. The van der Waals surface area contributed by atoms with Crippen molar-refractivity contribution in [2.45, 2.75) is 40.2 Å². The molecule has 0 aliphatic carbocycles. The van der Waals surface area contributed by atoms with Crippen molar-refractivity contribution in [3.63, 3.8) is 0 Å². The van der Waals surface area contributed by atoms with Gasteiger partial charge in [0.25, 0.3) is 0 Å². The molecular weight excluding hydrogens is 204 g/mol. The molecule has 5 heteroatoms. The summed E-state index contributed by atoms with van der Waals surface area (Å²) < 4.78 is 4.95. The van der Waals surface area contributed by atoms with E-state index < -0.39 is 0 Å². The zero-order valence-electron chi connectivity index (χ0n) is 11.1. The van der Waals surface area contributed by atoms with E-state index in [1.807, 2.05) is 0 Å². The standard InChI is InChI=1S/C11H26N4O/c1-9(11(2,3)4)14-10(15-12)13-7-6-8-16-5/h9H,6-8,12H2,1-5H3,(H2,13,14,15). The maximum absolute atomic E-state index is 5.40. The second-order valence-electron chi connectivity index (χ2n) is 4.95. The highest BCUT2D eigenvalue weighted by Gasteiger charge is 2.20. The van der Waals surface area contributed by atoms with Gasteiger partial charge in [0.2, 0.25) is 5.96 Å². The van der Waals surface area contributed by atoms with Crippen LogP contribution in [-0.4, -0.2) is 32.3 Å². The Bertz CT molecular complexity index is 211. The number of rotatable bonds is 5. The lowest BCUT2D eigenvalue weighted by Crippen LogP contribution is -2.49. The highest BCUT2D eigenvalue weighted by Crippen LogP contribution is 2.18. The van der Waals surface area contributed by atoms with Gasteiger partial charge in [-0.05, 0) is 18.8 Å². The van der Waals surface area contributed by atoms with Crippen molar-refractivity contribution in [2.24, 2.45) is 16.3 Å². The maximum atomic E-state index is 5.40. The number of methoxy groups -OCH3 is 1. The summed E-state index contributed by atoms with van der Waals surface area (Å²) in [6.45, 7) is 10.0. The average Bonchev–Trinajstić information content (AvgIpc) is 2.20. The molecule has 0 aliphatic rings. The first-order valence-electron chi connectivity index (χ1n) is 5.68. The molecule has 0 spiro atoms. The Hall–Kier alpha value is -0.810. The Kier molecular flexibility index (Phi) is 7.08. The van der Waals surface area contributed by atoms with Gasteiger partial charge in [0.05, 0.1) is 0 Å². The molecule has 0 radical (unpaired) electrons.